The van der Waals surface area contributed by atoms with Crippen LogP contribution in [0, 0.1) is 5.82 Å². The summed E-state index contributed by atoms with van der Waals surface area (Å²) < 4.78 is 13.8. The van der Waals surface area contributed by atoms with Gasteiger partial charge in [0, 0.05) is 35.3 Å². The molecular weight excluding hydrogens is 255 g/mol. The first kappa shape index (κ1) is 12.6. The highest BCUT2D eigenvalue weighted by molar-refractivity contribution is 8.00. The third-order valence-electron chi connectivity index (χ3n) is 2.82. The van der Waals surface area contributed by atoms with Crippen molar-refractivity contribution in [2.75, 3.05) is 23.7 Å². The van der Waals surface area contributed by atoms with Crippen LogP contribution in [0.4, 0.5) is 10.1 Å². The molecule has 0 saturated carbocycles. The molecular formula is C12H15FN2S2. The van der Waals surface area contributed by atoms with Crippen molar-refractivity contribution in [3.05, 3.63) is 29.6 Å². The molecule has 2 rings (SSSR count). The first-order chi connectivity index (χ1) is 8.08. The quantitative estimate of drug-likeness (QED) is 0.836. The fourth-order valence-corrected chi connectivity index (χ4v) is 3.13. The van der Waals surface area contributed by atoms with Crippen molar-refractivity contribution in [2.24, 2.45) is 5.73 Å². The van der Waals surface area contributed by atoms with Crippen LogP contribution in [0.15, 0.2) is 18.2 Å². The van der Waals surface area contributed by atoms with Gasteiger partial charge in [-0.2, -0.15) is 11.8 Å². The summed E-state index contributed by atoms with van der Waals surface area (Å²) in [5.41, 5.74) is 6.67. The van der Waals surface area contributed by atoms with Crippen LogP contribution in [0.1, 0.15) is 12.5 Å². The van der Waals surface area contributed by atoms with Crippen LogP contribution in [0.3, 0.4) is 0 Å². The zero-order valence-corrected chi connectivity index (χ0v) is 11.3. The smallest absolute Gasteiger partial charge is 0.135 e. The maximum atomic E-state index is 13.8. The van der Waals surface area contributed by atoms with Crippen molar-refractivity contribution in [3.8, 4) is 0 Å². The highest BCUT2D eigenvalue weighted by Gasteiger charge is 2.18. The molecule has 0 amide bonds. The Hall–Kier alpha value is -0.810. The Balaban J connectivity index is 2.22. The molecule has 1 heterocycles. The van der Waals surface area contributed by atoms with E-state index >= 15 is 0 Å². The van der Waals surface area contributed by atoms with Crippen LogP contribution < -0.4 is 10.6 Å². The van der Waals surface area contributed by atoms with Crippen LogP contribution in [0.5, 0.6) is 0 Å². The van der Waals surface area contributed by atoms with Crippen LogP contribution in [0.25, 0.3) is 0 Å². The Bertz CT molecular complexity index is 437. The summed E-state index contributed by atoms with van der Waals surface area (Å²) in [6.45, 7) is 4.11. The van der Waals surface area contributed by atoms with Crippen molar-refractivity contribution in [1.29, 1.82) is 0 Å². The minimum Gasteiger partial charge on any atom is -0.389 e. The molecule has 2 N–H and O–H groups in total. The summed E-state index contributed by atoms with van der Waals surface area (Å²) >= 11 is 6.74. The van der Waals surface area contributed by atoms with E-state index in [-0.39, 0.29) is 10.8 Å². The molecule has 1 atom stereocenters. The highest BCUT2D eigenvalue weighted by Crippen LogP contribution is 2.25. The van der Waals surface area contributed by atoms with E-state index in [2.05, 4.69) is 11.8 Å². The lowest BCUT2D eigenvalue weighted by Gasteiger charge is -2.32. The minimum atomic E-state index is -0.333. The van der Waals surface area contributed by atoms with E-state index in [0.29, 0.717) is 10.8 Å². The molecule has 92 valence electrons. The molecule has 2 nitrogen and oxygen atoms in total. The summed E-state index contributed by atoms with van der Waals surface area (Å²) in [6.07, 6.45) is 0. The number of nitrogens with zero attached hydrogens (tertiary/aromatic N) is 1. The molecule has 1 aromatic rings. The maximum Gasteiger partial charge on any atom is 0.135 e. The Morgan fingerprint density at radius 3 is 2.94 bits per heavy atom. The van der Waals surface area contributed by atoms with Gasteiger partial charge in [-0.1, -0.05) is 19.1 Å². The lowest BCUT2D eigenvalue weighted by atomic mass is 10.1. The van der Waals surface area contributed by atoms with Gasteiger partial charge in [-0.25, -0.2) is 4.39 Å². The minimum absolute atomic E-state index is 0.108. The monoisotopic (exact) mass is 270 g/mol. The van der Waals surface area contributed by atoms with E-state index < -0.39 is 0 Å². The van der Waals surface area contributed by atoms with Gasteiger partial charge in [0.05, 0.1) is 0 Å². The van der Waals surface area contributed by atoms with Crippen LogP contribution in [0.2, 0.25) is 0 Å². The second kappa shape index (κ2) is 5.23. The number of hydrogen-bond donors (Lipinski definition) is 1. The summed E-state index contributed by atoms with van der Waals surface area (Å²) in [5, 5.41) is 0.585. The molecule has 1 saturated heterocycles. The SMILES string of the molecule is CC1CN(c2ccc(C(N)=S)c(F)c2)CCS1. The Kier molecular flexibility index (Phi) is 3.89. The van der Waals surface area contributed by atoms with E-state index in [1.165, 1.54) is 6.07 Å². The van der Waals surface area contributed by atoms with Crippen molar-refractivity contribution in [2.45, 2.75) is 12.2 Å². The van der Waals surface area contributed by atoms with E-state index in [1.807, 2.05) is 17.8 Å². The predicted octanol–water partition coefficient (Wildman–Crippen LogP) is 2.40. The van der Waals surface area contributed by atoms with Gasteiger partial charge >= 0.3 is 0 Å². The van der Waals surface area contributed by atoms with Gasteiger partial charge in [-0.15, -0.1) is 0 Å². The van der Waals surface area contributed by atoms with Gasteiger partial charge in [-0.05, 0) is 18.2 Å². The molecule has 1 aliphatic heterocycles. The number of rotatable bonds is 2. The van der Waals surface area contributed by atoms with Crippen LogP contribution >= 0.6 is 24.0 Å². The average Bonchev–Trinajstić information content (AvgIpc) is 2.28. The molecule has 0 bridgehead atoms. The fourth-order valence-electron chi connectivity index (χ4n) is 1.95. The van der Waals surface area contributed by atoms with Crippen LogP contribution in [-0.2, 0) is 0 Å². The number of hydrogen-bond acceptors (Lipinski definition) is 3. The fraction of sp³-hybridized carbons (Fsp3) is 0.417. The molecule has 0 spiro atoms. The number of nitrogens with two attached hydrogens (primary N) is 1. The first-order valence-corrected chi connectivity index (χ1v) is 6.99. The average molecular weight is 270 g/mol. The van der Waals surface area contributed by atoms with Gasteiger partial charge in [0.15, 0.2) is 0 Å². The predicted molar refractivity (Wildman–Crippen MR) is 76.4 cm³/mol. The molecule has 17 heavy (non-hydrogen) atoms. The standard InChI is InChI=1S/C12H15FN2S2/c1-8-7-15(4-5-17-8)9-2-3-10(12(14)16)11(13)6-9/h2-3,6,8H,4-5,7H2,1H3,(H2,14,16). The third-order valence-corrected chi connectivity index (χ3v) is 4.18. The summed E-state index contributed by atoms with van der Waals surface area (Å²) in [7, 11) is 0. The van der Waals surface area contributed by atoms with Crippen molar-refractivity contribution < 1.29 is 4.39 Å². The van der Waals surface area contributed by atoms with Gasteiger partial charge in [0.2, 0.25) is 0 Å². The lowest BCUT2D eigenvalue weighted by Crippen LogP contribution is -2.36. The molecule has 0 aliphatic carbocycles. The summed E-state index contributed by atoms with van der Waals surface area (Å²) in [6, 6.07) is 5.08. The van der Waals surface area contributed by atoms with E-state index in [0.717, 1.165) is 24.5 Å². The summed E-state index contributed by atoms with van der Waals surface area (Å²) in [4.78, 5) is 2.31. The van der Waals surface area contributed by atoms with E-state index in [4.69, 9.17) is 18.0 Å². The van der Waals surface area contributed by atoms with E-state index in [1.54, 1.807) is 6.07 Å². The van der Waals surface area contributed by atoms with Crippen molar-refractivity contribution in [1.82, 2.24) is 0 Å². The second-order valence-electron chi connectivity index (χ2n) is 4.16. The Morgan fingerprint density at radius 1 is 1.59 bits per heavy atom. The zero-order valence-electron chi connectivity index (χ0n) is 9.65. The van der Waals surface area contributed by atoms with Crippen LogP contribution in [-0.4, -0.2) is 29.1 Å². The normalized spacial score (nSPS) is 20.4. The third kappa shape index (κ3) is 2.90. The van der Waals surface area contributed by atoms with Gasteiger partial charge in [-0.3, -0.25) is 0 Å². The Morgan fingerprint density at radius 2 is 2.35 bits per heavy atom. The van der Waals surface area contributed by atoms with Gasteiger partial charge in [0.1, 0.15) is 10.8 Å². The number of thioether (sulfide) groups is 1. The number of thiocarbonyl (C=S) groups is 1. The molecule has 0 radical (unpaired) electrons. The van der Waals surface area contributed by atoms with Gasteiger partial charge in [0.25, 0.3) is 0 Å². The number of anilines is 1. The van der Waals surface area contributed by atoms with Gasteiger partial charge < -0.3 is 10.6 Å². The molecule has 1 unspecified atom stereocenters. The summed E-state index contributed by atoms with van der Waals surface area (Å²) in [5.74, 6) is 0.751. The molecule has 1 fully saturated rings. The molecule has 0 aromatic heterocycles. The number of halogens is 1. The van der Waals surface area contributed by atoms with Crippen molar-refractivity contribution in [3.63, 3.8) is 0 Å². The van der Waals surface area contributed by atoms with Crippen molar-refractivity contribution >= 4 is 34.7 Å². The first-order valence-electron chi connectivity index (χ1n) is 5.54. The van der Waals surface area contributed by atoms with E-state index in [9.17, 15) is 4.39 Å². The maximum absolute atomic E-state index is 13.8. The molecule has 1 aliphatic rings. The molecule has 1 aromatic carbocycles. The highest BCUT2D eigenvalue weighted by atomic mass is 32.2. The lowest BCUT2D eigenvalue weighted by molar-refractivity contribution is 0.624. The zero-order chi connectivity index (χ0) is 12.4. The second-order valence-corrected chi connectivity index (χ2v) is 6.14. The Labute approximate surface area is 110 Å². The topological polar surface area (TPSA) is 29.3 Å². The largest absolute Gasteiger partial charge is 0.389 e. The number of benzene rings is 1. The molecule has 5 heteroatoms.